The Morgan fingerprint density at radius 3 is 2.20 bits per heavy atom. The van der Waals surface area contributed by atoms with Crippen LogP contribution in [0.15, 0.2) is 82.6 Å². The number of carbonyl (C=O) groups excluding carboxylic acids is 3. The van der Waals surface area contributed by atoms with Gasteiger partial charge in [0.25, 0.3) is 0 Å². The van der Waals surface area contributed by atoms with Gasteiger partial charge in [0.2, 0.25) is 17.7 Å². The number of thiazole rings is 1. The van der Waals surface area contributed by atoms with Crippen LogP contribution in [0.25, 0.3) is 0 Å². The molecule has 6 rings (SSSR count). The van der Waals surface area contributed by atoms with E-state index in [4.69, 9.17) is 0 Å². The molecule has 7 nitrogen and oxygen atoms in total. The Labute approximate surface area is 271 Å². The number of fused-ring (bicyclic) bond motifs is 2. The van der Waals surface area contributed by atoms with Crippen LogP contribution >= 0.6 is 23.1 Å². The van der Waals surface area contributed by atoms with E-state index < -0.39 is 52.1 Å². The zero-order valence-electron chi connectivity index (χ0n) is 25.3. The molecule has 1 saturated heterocycles. The fraction of sp³-hybridized carbons (Fsp3) is 0.294. The Morgan fingerprint density at radius 2 is 1.57 bits per heavy atom. The number of imide groups is 1. The first kappa shape index (κ1) is 31.8. The number of aromatic nitrogens is 1. The molecule has 0 spiro atoms. The molecule has 46 heavy (non-hydrogen) atoms. The van der Waals surface area contributed by atoms with Crippen LogP contribution in [0, 0.1) is 12.8 Å². The molecule has 1 aromatic heterocycles. The number of anilines is 2. The zero-order valence-corrected chi connectivity index (χ0v) is 27.0. The predicted molar refractivity (Wildman–Crippen MR) is 172 cm³/mol. The molecule has 3 unspecified atom stereocenters. The number of thioether (sulfide) groups is 1. The topological polar surface area (TPSA) is 88.5 Å². The van der Waals surface area contributed by atoms with Crippen molar-refractivity contribution in [2.24, 2.45) is 5.92 Å². The zero-order chi connectivity index (χ0) is 33.1. The van der Waals surface area contributed by atoms with Gasteiger partial charge in [-0.2, -0.15) is 13.2 Å². The van der Waals surface area contributed by atoms with Crippen molar-refractivity contribution in [2.45, 2.75) is 62.0 Å². The lowest BCUT2D eigenvalue weighted by atomic mass is 9.81. The van der Waals surface area contributed by atoms with E-state index in [2.05, 4.69) is 26.1 Å². The molecule has 3 atom stereocenters. The maximum absolute atomic E-state index is 14.1. The molecule has 12 heteroatoms. The molecule has 3 heterocycles. The quantitative estimate of drug-likeness (QED) is 0.233. The highest BCUT2D eigenvalue weighted by Gasteiger charge is 2.56. The molecule has 2 aliphatic rings. The molecule has 238 valence electrons. The minimum absolute atomic E-state index is 0.0631. The first-order valence-electron chi connectivity index (χ1n) is 14.6. The Balaban J connectivity index is 1.39. The van der Waals surface area contributed by atoms with Crippen molar-refractivity contribution >= 4 is 52.2 Å². The molecule has 1 N–H and O–H groups in total. The number of rotatable bonds is 5. The van der Waals surface area contributed by atoms with E-state index in [-0.39, 0.29) is 17.0 Å². The lowest BCUT2D eigenvalue weighted by molar-refractivity contribution is -0.137. The molecule has 1 fully saturated rings. The van der Waals surface area contributed by atoms with Gasteiger partial charge in [0.05, 0.1) is 22.2 Å². The van der Waals surface area contributed by atoms with Crippen molar-refractivity contribution < 1.29 is 27.6 Å². The summed E-state index contributed by atoms with van der Waals surface area (Å²) in [7, 11) is 0. The van der Waals surface area contributed by atoms with Crippen molar-refractivity contribution in [1.82, 2.24) is 4.57 Å². The summed E-state index contributed by atoms with van der Waals surface area (Å²) in [5.74, 6) is -2.91. The normalized spacial score (nSPS) is 19.6. The van der Waals surface area contributed by atoms with Crippen LogP contribution in [0.5, 0.6) is 0 Å². The molecule has 0 radical (unpaired) electrons. The maximum atomic E-state index is 14.1. The minimum atomic E-state index is -4.59. The van der Waals surface area contributed by atoms with E-state index in [1.807, 2.05) is 43.3 Å². The van der Waals surface area contributed by atoms with Gasteiger partial charge < -0.3 is 5.32 Å². The molecular formula is C34H30F3N3O4S2. The molecule has 0 aliphatic carbocycles. The largest absolute Gasteiger partial charge is 0.416 e. The summed E-state index contributed by atoms with van der Waals surface area (Å²) in [6, 6.07) is 19.1. The Morgan fingerprint density at radius 1 is 0.891 bits per heavy atom. The first-order chi connectivity index (χ1) is 21.6. The third-order valence-corrected chi connectivity index (χ3v) is 10.9. The smallest absolute Gasteiger partial charge is 0.325 e. The van der Waals surface area contributed by atoms with Crippen LogP contribution < -0.4 is 15.1 Å². The van der Waals surface area contributed by atoms with E-state index in [9.17, 15) is 32.3 Å². The molecule has 0 saturated carbocycles. The van der Waals surface area contributed by atoms with Gasteiger partial charge in [0.15, 0.2) is 0 Å². The summed E-state index contributed by atoms with van der Waals surface area (Å²) in [6.45, 7) is 7.68. The predicted octanol–water partition coefficient (Wildman–Crippen LogP) is 6.97. The average molecular weight is 666 g/mol. The number of halogens is 3. The van der Waals surface area contributed by atoms with Crippen LogP contribution in [0.4, 0.5) is 24.5 Å². The lowest BCUT2D eigenvalue weighted by Gasteiger charge is -2.31. The highest BCUT2D eigenvalue weighted by atomic mass is 32.2. The minimum Gasteiger partial charge on any atom is -0.325 e. The van der Waals surface area contributed by atoms with Gasteiger partial charge in [-0.25, -0.2) is 4.90 Å². The number of amides is 3. The maximum Gasteiger partial charge on any atom is 0.416 e. The summed E-state index contributed by atoms with van der Waals surface area (Å²) in [5.41, 5.74) is 2.16. The Kier molecular flexibility index (Phi) is 8.00. The van der Waals surface area contributed by atoms with Gasteiger partial charge in [-0.1, -0.05) is 91.9 Å². The van der Waals surface area contributed by atoms with Crippen LogP contribution in [-0.2, 0) is 32.5 Å². The molecule has 0 bridgehead atoms. The van der Waals surface area contributed by atoms with Gasteiger partial charge in [-0.05, 0) is 53.8 Å². The first-order valence-corrected chi connectivity index (χ1v) is 16.3. The standard InChI is InChI=1S/C34H30F3N3O4S2/c1-18-8-14-23(15-9-18)40-29(42)26-25(19-10-12-20(13-11-19)33(2,3)4)28-31(45-27(26)30(40)43)39(32(44)46-28)17-24(41)38-22-7-5-6-21(16-22)34(35,36)37/h5-16,25-27H,17H2,1-4H3,(H,38,41). The van der Waals surface area contributed by atoms with Crippen LogP contribution in [0.1, 0.15) is 53.8 Å². The van der Waals surface area contributed by atoms with Crippen molar-refractivity contribution in [3.8, 4) is 0 Å². The fourth-order valence-corrected chi connectivity index (χ4v) is 8.64. The Bertz CT molecular complexity index is 1910. The van der Waals surface area contributed by atoms with Gasteiger partial charge in [-0.15, -0.1) is 0 Å². The lowest BCUT2D eigenvalue weighted by Crippen LogP contribution is -2.33. The molecule has 3 aromatic carbocycles. The van der Waals surface area contributed by atoms with E-state index in [0.29, 0.717) is 15.6 Å². The molecule has 3 amide bonds. The number of hydrogen-bond donors (Lipinski definition) is 1. The summed E-state index contributed by atoms with van der Waals surface area (Å²) in [5, 5.41) is 1.99. The number of hydrogen-bond acceptors (Lipinski definition) is 6. The van der Waals surface area contributed by atoms with E-state index >= 15 is 0 Å². The SMILES string of the molecule is Cc1ccc(N2C(=O)C3Sc4c(sc(=O)n4CC(=O)Nc4cccc(C(F)(F)F)c4)C(c4ccc(C(C)(C)C)cc4)C3C2=O)cc1. The molecule has 2 aliphatic heterocycles. The Hall–Kier alpha value is -4.16. The number of benzene rings is 3. The summed E-state index contributed by atoms with van der Waals surface area (Å²) < 4.78 is 40.9. The third kappa shape index (κ3) is 5.79. The molecular weight excluding hydrogens is 636 g/mol. The molecule has 4 aromatic rings. The highest BCUT2D eigenvalue weighted by Crippen LogP contribution is 2.54. The van der Waals surface area contributed by atoms with Crippen molar-refractivity contribution in [3.05, 3.63) is 110 Å². The van der Waals surface area contributed by atoms with E-state index in [1.165, 1.54) is 21.6 Å². The van der Waals surface area contributed by atoms with Gasteiger partial charge in [0.1, 0.15) is 11.8 Å². The van der Waals surface area contributed by atoms with Crippen LogP contribution in [0.2, 0.25) is 0 Å². The van der Waals surface area contributed by atoms with Crippen molar-refractivity contribution in [1.29, 1.82) is 0 Å². The van der Waals surface area contributed by atoms with E-state index in [0.717, 1.165) is 51.9 Å². The summed E-state index contributed by atoms with van der Waals surface area (Å²) in [4.78, 5) is 55.8. The fourth-order valence-electron chi connectivity index (χ4n) is 5.87. The van der Waals surface area contributed by atoms with E-state index in [1.54, 1.807) is 12.1 Å². The second-order valence-corrected chi connectivity index (χ2v) is 14.6. The summed E-state index contributed by atoms with van der Waals surface area (Å²) in [6.07, 6.45) is -4.59. The van der Waals surface area contributed by atoms with Crippen molar-refractivity contribution in [2.75, 3.05) is 10.2 Å². The number of alkyl halides is 3. The van der Waals surface area contributed by atoms with Crippen LogP contribution in [0.3, 0.4) is 0 Å². The van der Waals surface area contributed by atoms with Gasteiger partial charge in [0, 0.05) is 16.5 Å². The monoisotopic (exact) mass is 665 g/mol. The van der Waals surface area contributed by atoms with Crippen LogP contribution in [-0.4, -0.2) is 27.5 Å². The highest BCUT2D eigenvalue weighted by molar-refractivity contribution is 8.00. The third-order valence-electron chi connectivity index (χ3n) is 8.25. The average Bonchev–Trinajstić information content (AvgIpc) is 3.43. The number of carbonyl (C=O) groups is 3. The van der Waals surface area contributed by atoms with Crippen molar-refractivity contribution in [3.63, 3.8) is 0 Å². The second-order valence-electron chi connectivity index (χ2n) is 12.5. The second kappa shape index (κ2) is 11.6. The number of nitrogens with zero attached hydrogens (tertiary/aromatic N) is 2. The summed E-state index contributed by atoms with van der Waals surface area (Å²) >= 11 is 1.99. The van der Waals surface area contributed by atoms with Gasteiger partial charge >= 0.3 is 11.0 Å². The number of aryl methyl sites for hydroxylation is 1. The number of nitrogens with one attached hydrogen (secondary N) is 1. The van der Waals surface area contributed by atoms with Gasteiger partial charge in [-0.3, -0.25) is 23.7 Å².